The number of amides is 1. The maximum absolute atomic E-state index is 12.0. The monoisotopic (exact) mass is 293 g/mol. The smallest absolute Gasteiger partial charge is 0.251 e. The van der Waals surface area contributed by atoms with Gasteiger partial charge in [-0.2, -0.15) is 0 Å². The van der Waals surface area contributed by atoms with Crippen LogP contribution in [0.15, 0.2) is 23.1 Å². The lowest BCUT2D eigenvalue weighted by Crippen LogP contribution is -2.54. The third kappa shape index (κ3) is 4.30. The van der Waals surface area contributed by atoms with Crippen molar-refractivity contribution in [3.05, 3.63) is 28.7 Å². The molecule has 7 heteroatoms. The number of nitrogens with two attached hydrogens (primary N) is 1. The Bertz CT molecular complexity index is 557. The number of anilines is 1. The molecule has 3 N–H and O–H groups in total. The van der Waals surface area contributed by atoms with Crippen LogP contribution in [0, 0.1) is 0 Å². The summed E-state index contributed by atoms with van der Waals surface area (Å²) in [5.41, 5.74) is 5.86. The van der Waals surface area contributed by atoms with Crippen LogP contribution in [0.2, 0.25) is 0 Å². The van der Waals surface area contributed by atoms with Gasteiger partial charge in [-0.1, -0.05) is 0 Å². The van der Waals surface area contributed by atoms with E-state index < -0.39 is 0 Å². The van der Waals surface area contributed by atoms with Gasteiger partial charge >= 0.3 is 0 Å². The van der Waals surface area contributed by atoms with Crippen molar-refractivity contribution in [1.29, 1.82) is 0 Å². The Morgan fingerprint density at radius 2 is 2.14 bits per heavy atom. The highest BCUT2D eigenvalue weighted by Gasteiger charge is 2.22. The van der Waals surface area contributed by atoms with Crippen LogP contribution in [-0.2, 0) is 11.3 Å². The SMILES string of the molecule is CN1CCN(C)C(CNC(=O)Cn2cc(N)ccc2=O)C1. The molecule has 0 saturated carbocycles. The second-order valence-corrected chi connectivity index (χ2v) is 5.63. The molecule has 1 aliphatic heterocycles. The van der Waals surface area contributed by atoms with Crippen molar-refractivity contribution >= 4 is 11.6 Å². The van der Waals surface area contributed by atoms with Gasteiger partial charge in [0.2, 0.25) is 5.91 Å². The van der Waals surface area contributed by atoms with Gasteiger partial charge in [0.05, 0.1) is 0 Å². The highest BCUT2D eigenvalue weighted by Crippen LogP contribution is 2.04. The van der Waals surface area contributed by atoms with Gasteiger partial charge in [0.25, 0.3) is 5.56 Å². The van der Waals surface area contributed by atoms with Crippen molar-refractivity contribution < 1.29 is 4.79 Å². The Hall–Kier alpha value is -1.86. The number of rotatable bonds is 4. The largest absolute Gasteiger partial charge is 0.398 e. The van der Waals surface area contributed by atoms with E-state index >= 15 is 0 Å². The number of pyridine rings is 1. The third-order valence-electron chi connectivity index (χ3n) is 3.84. The minimum absolute atomic E-state index is 0.00382. The van der Waals surface area contributed by atoms with E-state index in [0.717, 1.165) is 19.6 Å². The first-order valence-corrected chi connectivity index (χ1v) is 7.07. The number of carbonyl (C=O) groups is 1. The van der Waals surface area contributed by atoms with Crippen molar-refractivity contribution in [1.82, 2.24) is 19.7 Å². The Morgan fingerprint density at radius 3 is 2.90 bits per heavy atom. The van der Waals surface area contributed by atoms with Gasteiger partial charge < -0.3 is 20.5 Å². The topological polar surface area (TPSA) is 83.6 Å². The molecule has 7 nitrogen and oxygen atoms in total. The standard InChI is InChI=1S/C14H23N5O2/c1-17-5-6-18(2)12(9-17)7-16-13(20)10-19-8-11(15)3-4-14(19)21/h3-4,8,12H,5-7,9-10,15H2,1-2H3,(H,16,20). The van der Waals surface area contributed by atoms with Gasteiger partial charge in [0.1, 0.15) is 6.54 Å². The molecule has 1 unspecified atom stereocenters. The zero-order chi connectivity index (χ0) is 15.4. The zero-order valence-corrected chi connectivity index (χ0v) is 12.6. The van der Waals surface area contributed by atoms with Crippen LogP contribution in [0.5, 0.6) is 0 Å². The molecule has 1 amide bonds. The quantitative estimate of drug-likeness (QED) is 0.728. The van der Waals surface area contributed by atoms with Crippen LogP contribution < -0.4 is 16.6 Å². The number of carbonyl (C=O) groups excluding carboxylic acids is 1. The average molecular weight is 293 g/mol. The van der Waals surface area contributed by atoms with Crippen LogP contribution in [0.3, 0.4) is 0 Å². The third-order valence-corrected chi connectivity index (χ3v) is 3.84. The Morgan fingerprint density at radius 1 is 1.38 bits per heavy atom. The summed E-state index contributed by atoms with van der Waals surface area (Å²) in [5.74, 6) is -0.177. The molecule has 0 bridgehead atoms. The fourth-order valence-electron chi connectivity index (χ4n) is 2.44. The average Bonchev–Trinajstić information content (AvgIpc) is 2.44. The van der Waals surface area contributed by atoms with Crippen LogP contribution in [-0.4, -0.2) is 66.6 Å². The maximum Gasteiger partial charge on any atom is 0.251 e. The van der Waals surface area contributed by atoms with Gasteiger partial charge in [-0.25, -0.2) is 0 Å². The van der Waals surface area contributed by atoms with E-state index in [0.29, 0.717) is 18.3 Å². The molecular weight excluding hydrogens is 270 g/mol. The molecule has 1 saturated heterocycles. The lowest BCUT2D eigenvalue weighted by Gasteiger charge is -2.37. The molecule has 1 atom stereocenters. The van der Waals surface area contributed by atoms with E-state index in [4.69, 9.17) is 5.73 Å². The second-order valence-electron chi connectivity index (χ2n) is 5.63. The number of hydrogen-bond acceptors (Lipinski definition) is 5. The molecule has 21 heavy (non-hydrogen) atoms. The summed E-state index contributed by atoms with van der Waals surface area (Å²) in [4.78, 5) is 28.1. The van der Waals surface area contributed by atoms with Gasteiger partial charge in [0, 0.05) is 50.2 Å². The Labute approximate surface area is 124 Å². The van der Waals surface area contributed by atoms with Crippen LogP contribution in [0.4, 0.5) is 5.69 Å². The first-order chi connectivity index (χ1) is 9.95. The first kappa shape index (κ1) is 15.5. The van der Waals surface area contributed by atoms with E-state index in [9.17, 15) is 9.59 Å². The fraction of sp³-hybridized carbons (Fsp3) is 0.571. The number of hydrogen-bond donors (Lipinski definition) is 2. The summed E-state index contributed by atoms with van der Waals surface area (Å²) in [7, 11) is 4.14. The molecule has 116 valence electrons. The molecule has 2 heterocycles. The van der Waals surface area contributed by atoms with Crippen molar-refractivity contribution in [2.24, 2.45) is 0 Å². The number of piperazine rings is 1. The molecule has 1 aliphatic rings. The van der Waals surface area contributed by atoms with E-state index in [1.54, 1.807) is 0 Å². The summed E-state index contributed by atoms with van der Waals surface area (Å²) in [6, 6.07) is 3.20. The molecule has 0 aliphatic carbocycles. The molecule has 0 spiro atoms. The molecule has 1 aromatic heterocycles. The van der Waals surface area contributed by atoms with E-state index in [-0.39, 0.29) is 18.0 Å². The molecular formula is C14H23N5O2. The molecule has 1 aromatic rings. The number of aromatic nitrogens is 1. The van der Waals surface area contributed by atoms with Crippen molar-refractivity contribution in [2.45, 2.75) is 12.6 Å². The number of nitrogen functional groups attached to an aromatic ring is 1. The van der Waals surface area contributed by atoms with Crippen molar-refractivity contribution in [3.8, 4) is 0 Å². The van der Waals surface area contributed by atoms with E-state index in [1.807, 2.05) is 0 Å². The summed E-state index contributed by atoms with van der Waals surface area (Å²) < 4.78 is 1.32. The molecule has 0 radical (unpaired) electrons. The number of likely N-dealkylation sites (N-methyl/N-ethyl adjacent to an activating group) is 2. The zero-order valence-electron chi connectivity index (χ0n) is 12.6. The maximum atomic E-state index is 12.0. The van der Waals surface area contributed by atoms with Crippen LogP contribution in [0.25, 0.3) is 0 Å². The predicted molar refractivity (Wildman–Crippen MR) is 82.0 cm³/mol. The summed E-state index contributed by atoms with van der Waals surface area (Å²) >= 11 is 0. The number of nitrogens with zero attached hydrogens (tertiary/aromatic N) is 3. The first-order valence-electron chi connectivity index (χ1n) is 7.07. The van der Waals surface area contributed by atoms with Crippen LogP contribution >= 0.6 is 0 Å². The second kappa shape index (κ2) is 6.73. The number of nitrogens with one attached hydrogen (secondary N) is 1. The minimum Gasteiger partial charge on any atom is -0.398 e. The summed E-state index contributed by atoms with van der Waals surface area (Å²) in [6.07, 6.45) is 1.49. The van der Waals surface area contributed by atoms with Gasteiger partial charge in [-0.3, -0.25) is 14.5 Å². The predicted octanol–water partition coefficient (Wildman–Crippen LogP) is -1.21. The molecule has 0 aromatic carbocycles. The highest BCUT2D eigenvalue weighted by molar-refractivity contribution is 5.75. The lowest BCUT2D eigenvalue weighted by molar-refractivity contribution is -0.122. The molecule has 2 rings (SSSR count). The summed E-state index contributed by atoms with van der Waals surface area (Å²) in [6.45, 7) is 3.53. The Balaban J connectivity index is 1.87. The minimum atomic E-state index is -0.228. The summed E-state index contributed by atoms with van der Waals surface area (Å²) in [5, 5.41) is 2.89. The van der Waals surface area contributed by atoms with E-state index in [1.165, 1.54) is 22.9 Å². The van der Waals surface area contributed by atoms with Gasteiger partial charge in [-0.15, -0.1) is 0 Å². The van der Waals surface area contributed by atoms with Crippen molar-refractivity contribution in [3.63, 3.8) is 0 Å². The Kier molecular flexibility index (Phi) is 4.98. The van der Waals surface area contributed by atoms with Gasteiger partial charge in [-0.05, 0) is 20.2 Å². The lowest BCUT2D eigenvalue weighted by atomic mass is 10.2. The normalized spacial score (nSPS) is 20.4. The van der Waals surface area contributed by atoms with Gasteiger partial charge in [0.15, 0.2) is 0 Å². The fourth-order valence-corrected chi connectivity index (χ4v) is 2.44. The molecule has 1 fully saturated rings. The highest BCUT2D eigenvalue weighted by atomic mass is 16.2. The van der Waals surface area contributed by atoms with E-state index in [2.05, 4.69) is 29.2 Å². The van der Waals surface area contributed by atoms with Crippen LogP contribution in [0.1, 0.15) is 0 Å². The van der Waals surface area contributed by atoms with Crippen molar-refractivity contribution in [2.75, 3.05) is 46.0 Å².